The van der Waals surface area contributed by atoms with E-state index in [9.17, 15) is 0 Å². The second-order valence-corrected chi connectivity index (χ2v) is 7.51. The van der Waals surface area contributed by atoms with Gasteiger partial charge in [-0.1, -0.05) is 18.6 Å². The first-order valence-electron chi connectivity index (χ1n) is 7.64. The molecule has 2 aliphatic carbocycles. The minimum Gasteiger partial charge on any atom is -0.271 e. The lowest BCUT2D eigenvalue weighted by molar-refractivity contribution is 0.248. The fraction of sp³-hybridized carbons (Fsp3) is 0.562. The number of hydrogen-bond acceptors (Lipinski definition) is 4. The SMILES string of the molecule is NNC(Cc1nc2ccccc2s1)C1CC2CCC1C2. The van der Waals surface area contributed by atoms with Crippen molar-refractivity contribution in [1.29, 1.82) is 0 Å². The molecule has 0 aliphatic heterocycles. The number of thiazole rings is 1. The predicted octanol–water partition coefficient (Wildman–Crippen LogP) is 3.11. The van der Waals surface area contributed by atoms with Gasteiger partial charge in [0.05, 0.1) is 15.2 Å². The molecule has 4 atom stereocenters. The highest BCUT2D eigenvalue weighted by Gasteiger charge is 2.42. The summed E-state index contributed by atoms with van der Waals surface area (Å²) in [6.07, 6.45) is 6.63. The van der Waals surface area contributed by atoms with Gasteiger partial charge in [-0.3, -0.25) is 11.3 Å². The van der Waals surface area contributed by atoms with Crippen LogP contribution in [0.5, 0.6) is 0 Å². The van der Waals surface area contributed by atoms with Gasteiger partial charge in [-0.25, -0.2) is 4.98 Å². The summed E-state index contributed by atoms with van der Waals surface area (Å²) in [5.41, 5.74) is 4.21. The molecule has 0 saturated heterocycles. The molecular formula is C16H21N3S. The second-order valence-electron chi connectivity index (χ2n) is 6.39. The molecule has 4 unspecified atom stereocenters. The molecule has 4 rings (SSSR count). The Morgan fingerprint density at radius 3 is 2.90 bits per heavy atom. The normalized spacial score (nSPS) is 30.1. The molecule has 2 fully saturated rings. The number of nitrogens with one attached hydrogen (secondary N) is 1. The van der Waals surface area contributed by atoms with Crippen LogP contribution in [0.2, 0.25) is 0 Å². The third-order valence-electron chi connectivity index (χ3n) is 5.26. The minimum atomic E-state index is 0.394. The van der Waals surface area contributed by atoms with Crippen molar-refractivity contribution in [3.05, 3.63) is 29.3 Å². The van der Waals surface area contributed by atoms with Gasteiger partial charge in [0.15, 0.2) is 0 Å². The van der Waals surface area contributed by atoms with Gasteiger partial charge in [-0.2, -0.15) is 0 Å². The van der Waals surface area contributed by atoms with Crippen molar-refractivity contribution in [2.75, 3.05) is 0 Å². The lowest BCUT2D eigenvalue weighted by atomic mass is 9.82. The van der Waals surface area contributed by atoms with E-state index >= 15 is 0 Å². The zero-order chi connectivity index (χ0) is 13.5. The monoisotopic (exact) mass is 287 g/mol. The third kappa shape index (κ3) is 2.16. The van der Waals surface area contributed by atoms with Gasteiger partial charge >= 0.3 is 0 Å². The minimum absolute atomic E-state index is 0.394. The van der Waals surface area contributed by atoms with Crippen LogP contribution < -0.4 is 11.3 Å². The molecule has 1 aromatic carbocycles. The van der Waals surface area contributed by atoms with Gasteiger partial charge in [0.25, 0.3) is 0 Å². The van der Waals surface area contributed by atoms with E-state index in [0.29, 0.717) is 6.04 Å². The molecule has 3 nitrogen and oxygen atoms in total. The Bertz CT molecular complexity index is 576. The van der Waals surface area contributed by atoms with Gasteiger partial charge in [-0.15, -0.1) is 11.3 Å². The third-order valence-corrected chi connectivity index (χ3v) is 6.32. The fourth-order valence-corrected chi connectivity index (χ4v) is 5.34. The first kappa shape index (κ1) is 12.7. The van der Waals surface area contributed by atoms with Crippen LogP contribution in [0.25, 0.3) is 10.2 Å². The van der Waals surface area contributed by atoms with Crippen LogP contribution in [-0.4, -0.2) is 11.0 Å². The highest BCUT2D eigenvalue weighted by atomic mass is 32.1. The average Bonchev–Trinajstić information content (AvgIpc) is 3.18. The number of benzene rings is 1. The zero-order valence-electron chi connectivity index (χ0n) is 11.6. The van der Waals surface area contributed by atoms with Crippen LogP contribution in [0.3, 0.4) is 0 Å². The number of nitrogens with zero attached hydrogens (tertiary/aromatic N) is 1. The number of para-hydroxylation sites is 1. The summed E-state index contributed by atoms with van der Waals surface area (Å²) < 4.78 is 1.28. The maximum absolute atomic E-state index is 5.85. The smallest absolute Gasteiger partial charge is 0.0954 e. The number of hydrazine groups is 1. The fourth-order valence-electron chi connectivity index (χ4n) is 4.32. The van der Waals surface area contributed by atoms with Crippen LogP contribution in [0.15, 0.2) is 24.3 Å². The molecule has 2 bridgehead atoms. The van der Waals surface area contributed by atoms with Crippen LogP contribution in [0.4, 0.5) is 0 Å². The summed E-state index contributed by atoms with van der Waals surface area (Å²) in [7, 11) is 0. The Kier molecular flexibility index (Phi) is 3.25. The van der Waals surface area contributed by atoms with Gasteiger partial charge in [0, 0.05) is 12.5 Å². The van der Waals surface area contributed by atoms with Crippen molar-refractivity contribution < 1.29 is 0 Å². The highest BCUT2D eigenvalue weighted by molar-refractivity contribution is 7.18. The lowest BCUT2D eigenvalue weighted by Crippen LogP contribution is -2.44. The van der Waals surface area contributed by atoms with Gasteiger partial charge in [-0.05, 0) is 49.1 Å². The van der Waals surface area contributed by atoms with Gasteiger partial charge in [0.2, 0.25) is 0 Å². The van der Waals surface area contributed by atoms with Crippen molar-refractivity contribution in [2.24, 2.45) is 23.6 Å². The summed E-state index contributed by atoms with van der Waals surface area (Å²) in [6.45, 7) is 0. The van der Waals surface area contributed by atoms with E-state index in [1.54, 1.807) is 0 Å². The maximum Gasteiger partial charge on any atom is 0.0954 e. The Labute approximate surface area is 123 Å². The molecule has 20 heavy (non-hydrogen) atoms. The van der Waals surface area contributed by atoms with Crippen molar-refractivity contribution >= 4 is 21.6 Å². The Morgan fingerprint density at radius 1 is 1.30 bits per heavy atom. The first-order valence-corrected chi connectivity index (χ1v) is 8.45. The molecule has 2 saturated carbocycles. The quantitative estimate of drug-likeness (QED) is 0.671. The van der Waals surface area contributed by atoms with Crippen molar-refractivity contribution in [2.45, 2.75) is 38.1 Å². The summed E-state index contributed by atoms with van der Waals surface area (Å²) in [4.78, 5) is 4.76. The number of aromatic nitrogens is 1. The maximum atomic E-state index is 5.85. The molecule has 2 aromatic rings. The number of hydrogen-bond donors (Lipinski definition) is 2. The van der Waals surface area contributed by atoms with E-state index in [1.807, 2.05) is 11.3 Å². The van der Waals surface area contributed by atoms with Crippen molar-refractivity contribution in [1.82, 2.24) is 10.4 Å². The Morgan fingerprint density at radius 2 is 2.20 bits per heavy atom. The molecule has 106 valence electrons. The molecular weight excluding hydrogens is 266 g/mol. The molecule has 0 radical (unpaired) electrons. The molecule has 4 heteroatoms. The van der Waals surface area contributed by atoms with E-state index in [-0.39, 0.29) is 0 Å². The first-order chi connectivity index (χ1) is 9.83. The Balaban J connectivity index is 1.54. The van der Waals surface area contributed by atoms with E-state index in [4.69, 9.17) is 10.8 Å². The van der Waals surface area contributed by atoms with Crippen LogP contribution in [0, 0.1) is 17.8 Å². The van der Waals surface area contributed by atoms with Gasteiger partial charge in [0.1, 0.15) is 0 Å². The molecule has 3 N–H and O–H groups in total. The average molecular weight is 287 g/mol. The summed E-state index contributed by atoms with van der Waals surface area (Å²) in [5.74, 6) is 8.48. The number of fused-ring (bicyclic) bond motifs is 3. The Hall–Kier alpha value is -0.970. The molecule has 1 heterocycles. The molecule has 1 aromatic heterocycles. The van der Waals surface area contributed by atoms with Crippen LogP contribution in [-0.2, 0) is 6.42 Å². The molecule has 0 amide bonds. The highest BCUT2D eigenvalue weighted by Crippen LogP contribution is 2.49. The largest absolute Gasteiger partial charge is 0.271 e. The zero-order valence-corrected chi connectivity index (χ0v) is 12.4. The lowest BCUT2D eigenvalue weighted by Gasteiger charge is -2.29. The van der Waals surface area contributed by atoms with E-state index in [1.165, 1.54) is 35.4 Å². The summed E-state index contributed by atoms with van der Waals surface area (Å²) in [5, 5.41) is 1.22. The van der Waals surface area contributed by atoms with Crippen LogP contribution in [0.1, 0.15) is 30.7 Å². The predicted molar refractivity (Wildman–Crippen MR) is 83.4 cm³/mol. The van der Waals surface area contributed by atoms with Gasteiger partial charge < -0.3 is 0 Å². The van der Waals surface area contributed by atoms with E-state index in [0.717, 1.165) is 29.7 Å². The topological polar surface area (TPSA) is 50.9 Å². The summed E-state index contributed by atoms with van der Waals surface area (Å²) >= 11 is 1.81. The second kappa shape index (κ2) is 5.10. The van der Waals surface area contributed by atoms with E-state index < -0.39 is 0 Å². The number of rotatable bonds is 4. The molecule has 0 spiro atoms. The van der Waals surface area contributed by atoms with Crippen molar-refractivity contribution in [3.8, 4) is 0 Å². The number of nitrogens with two attached hydrogens (primary N) is 1. The molecule has 2 aliphatic rings. The summed E-state index contributed by atoms with van der Waals surface area (Å²) in [6, 6.07) is 8.78. The van der Waals surface area contributed by atoms with Crippen molar-refractivity contribution in [3.63, 3.8) is 0 Å². The van der Waals surface area contributed by atoms with Crippen LogP contribution >= 0.6 is 11.3 Å². The van der Waals surface area contributed by atoms with E-state index in [2.05, 4.69) is 29.7 Å². The standard InChI is InChI=1S/C16H21N3S/c17-19-14(12-8-10-5-6-11(12)7-10)9-16-18-13-3-1-2-4-15(13)20-16/h1-4,10-12,14,19H,5-9,17H2.